The number of oxazole rings is 1. The van der Waals surface area contributed by atoms with Crippen molar-refractivity contribution in [1.82, 2.24) is 4.57 Å². The average molecular weight is 315 g/mol. The molecule has 0 atom stereocenters. The van der Waals surface area contributed by atoms with Crippen LogP contribution in [0.1, 0.15) is 40.5 Å². The van der Waals surface area contributed by atoms with Gasteiger partial charge in [-0.2, -0.15) is 0 Å². The first kappa shape index (κ1) is 15.0. The van der Waals surface area contributed by atoms with Gasteiger partial charge in [0.1, 0.15) is 0 Å². The Morgan fingerprint density at radius 3 is 2.43 bits per heavy atom. The summed E-state index contributed by atoms with van der Waals surface area (Å²) in [6.45, 7) is 8.85. The minimum absolute atomic E-state index is 0.280. The van der Waals surface area contributed by atoms with Gasteiger partial charge in [0.25, 0.3) is 0 Å². The number of benzene rings is 1. The van der Waals surface area contributed by atoms with E-state index in [4.69, 9.17) is 13.7 Å². The van der Waals surface area contributed by atoms with Crippen molar-refractivity contribution in [1.29, 1.82) is 0 Å². The Hall–Kier alpha value is -1.53. The Balaban J connectivity index is 1.69. The second-order valence-corrected chi connectivity index (χ2v) is 7.74. The average Bonchev–Trinajstić information content (AvgIpc) is 3.17. The smallest absolute Gasteiger partial charge is 0.408 e. The van der Waals surface area contributed by atoms with Gasteiger partial charge in [-0.1, -0.05) is 6.07 Å². The predicted octanol–water partition coefficient (Wildman–Crippen LogP) is 2.30. The van der Waals surface area contributed by atoms with Crippen LogP contribution in [0.2, 0.25) is 0 Å². The number of aromatic nitrogens is 1. The van der Waals surface area contributed by atoms with Crippen LogP contribution in [0.4, 0.5) is 0 Å². The van der Waals surface area contributed by atoms with Crippen molar-refractivity contribution in [2.75, 3.05) is 0 Å². The Labute approximate surface area is 135 Å². The number of hydrogen-bond acceptors (Lipinski definition) is 4. The van der Waals surface area contributed by atoms with Crippen LogP contribution in [0.25, 0.3) is 11.1 Å². The third kappa shape index (κ3) is 2.44. The molecule has 2 fully saturated rings. The lowest BCUT2D eigenvalue weighted by Crippen LogP contribution is -2.41. The van der Waals surface area contributed by atoms with Crippen molar-refractivity contribution in [3.05, 3.63) is 28.7 Å². The van der Waals surface area contributed by atoms with E-state index in [0.29, 0.717) is 11.5 Å². The van der Waals surface area contributed by atoms with Crippen LogP contribution in [0.3, 0.4) is 0 Å². The lowest BCUT2D eigenvalue weighted by molar-refractivity contribution is 0.00578. The molecule has 0 N–H and O–H groups in total. The lowest BCUT2D eigenvalue weighted by atomic mass is 9.79. The number of hydrogen-bond donors (Lipinski definition) is 0. The zero-order chi connectivity index (χ0) is 16.4. The molecule has 1 aromatic carbocycles. The first-order chi connectivity index (χ1) is 10.8. The third-order valence-electron chi connectivity index (χ3n) is 5.36. The Morgan fingerprint density at radius 2 is 1.83 bits per heavy atom. The second-order valence-electron chi connectivity index (χ2n) is 7.74. The van der Waals surface area contributed by atoms with E-state index in [0.717, 1.165) is 17.5 Å². The highest BCUT2D eigenvalue weighted by atomic mass is 16.7. The van der Waals surface area contributed by atoms with Crippen molar-refractivity contribution in [3.63, 3.8) is 0 Å². The van der Waals surface area contributed by atoms with Crippen LogP contribution in [-0.2, 0) is 15.9 Å². The second kappa shape index (κ2) is 4.74. The van der Waals surface area contributed by atoms with Gasteiger partial charge >= 0.3 is 12.9 Å². The van der Waals surface area contributed by atoms with E-state index in [1.165, 1.54) is 12.8 Å². The molecule has 2 aliphatic rings. The van der Waals surface area contributed by atoms with Crippen LogP contribution < -0.4 is 11.2 Å². The summed E-state index contributed by atoms with van der Waals surface area (Å²) in [5, 5.41) is 0. The van der Waals surface area contributed by atoms with E-state index in [9.17, 15) is 4.79 Å². The van der Waals surface area contributed by atoms with Crippen LogP contribution in [-0.4, -0.2) is 22.9 Å². The topological polar surface area (TPSA) is 53.6 Å². The van der Waals surface area contributed by atoms with E-state index >= 15 is 0 Å². The van der Waals surface area contributed by atoms with Crippen LogP contribution >= 0.6 is 0 Å². The molecule has 0 spiro atoms. The highest BCUT2D eigenvalue weighted by molar-refractivity contribution is 6.62. The molecule has 23 heavy (non-hydrogen) atoms. The molecule has 1 aliphatic heterocycles. The van der Waals surface area contributed by atoms with Gasteiger partial charge in [-0.25, -0.2) is 4.79 Å². The number of rotatable bonds is 3. The molecular formula is C17H22BNO4. The Morgan fingerprint density at radius 1 is 1.17 bits per heavy atom. The van der Waals surface area contributed by atoms with Gasteiger partial charge < -0.3 is 13.7 Å². The zero-order valence-corrected chi connectivity index (χ0v) is 14.1. The molecule has 2 aromatic rings. The fourth-order valence-electron chi connectivity index (χ4n) is 2.94. The largest absolute Gasteiger partial charge is 0.494 e. The van der Waals surface area contributed by atoms with E-state index in [-0.39, 0.29) is 17.0 Å². The Kier molecular flexibility index (Phi) is 3.10. The van der Waals surface area contributed by atoms with Crippen LogP contribution in [0.15, 0.2) is 27.4 Å². The van der Waals surface area contributed by atoms with Crippen molar-refractivity contribution in [2.24, 2.45) is 5.92 Å². The zero-order valence-electron chi connectivity index (χ0n) is 14.1. The summed E-state index contributed by atoms with van der Waals surface area (Å²) in [6, 6.07) is 5.76. The van der Waals surface area contributed by atoms with Gasteiger partial charge in [0.05, 0.1) is 16.7 Å². The highest BCUT2D eigenvalue weighted by Crippen LogP contribution is 2.36. The van der Waals surface area contributed by atoms with Gasteiger partial charge in [0, 0.05) is 6.54 Å². The van der Waals surface area contributed by atoms with E-state index in [1.807, 2.05) is 45.9 Å². The van der Waals surface area contributed by atoms with Gasteiger partial charge in [0.2, 0.25) is 0 Å². The normalized spacial score (nSPS) is 22.9. The molecule has 0 unspecified atom stereocenters. The van der Waals surface area contributed by atoms with Gasteiger partial charge in [-0.15, -0.1) is 0 Å². The maximum Gasteiger partial charge on any atom is 0.494 e. The molecule has 1 aromatic heterocycles. The van der Waals surface area contributed by atoms with E-state index in [1.54, 1.807) is 4.57 Å². The summed E-state index contributed by atoms with van der Waals surface area (Å²) in [4.78, 5) is 12.1. The maximum absolute atomic E-state index is 12.1. The van der Waals surface area contributed by atoms with Crippen molar-refractivity contribution < 1.29 is 13.7 Å². The van der Waals surface area contributed by atoms with E-state index in [2.05, 4.69) is 0 Å². The molecule has 2 heterocycles. The summed E-state index contributed by atoms with van der Waals surface area (Å²) in [7, 11) is -0.443. The fraction of sp³-hybridized carbons (Fsp3) is 0.588. The van der Waals surface area contributed by atoms with Gasteiger partial charge in [0.15, 0.2) is 5.58 Å². The molecular weight excluding hydrogens is 293 g/mol. The predicted molar refractivity (Wildman–Crippen MR) is 88.9 cm³/mol. The minimum atomic E-state index is -0.443. The van der Waals surface area contributed by atoms with Gasteiger partial charge in [-0.05, 0) is 64.1 Å². The standard InChI is InChI=1S/C17H22BNO4/c1-16(2)17(3,4)23-18(22-16)12-7-8-13-14(9-12)21-15(20)19(13)10-11-5-6-11/h7-9,11H,5-6,10H2,1-4H3. The van der Waals surface area contributed by atoms with Crippen molar-refractivity contribution in [2.45, 2.75) is 58.3 Å². The molecule has 4 rings (SSSR count). The maximum atomic E-state index is 12.1. The summed E-state index contributed by atoms with van der Waals surface area (Å²) < 4.78 is 19.3. The van der Waals surface area contributed by atoms with Gasteiger partial charge in [-0.3, -0.25) is 4.57 Å². The molecule has 5 nitrogen and oxygen atoms in total. The first-order valence-corrected chi connectivity index (χ1v) is 8.26. The van der Waals surface area contributed by atoms with E-state index < -0.39 is 7.12 Å². The summed E-state index contributed by atoms with van der Waals surface area (Å²) in [6.07, 6.45) is 2.40. The molecule has 0 amide bonds. The highest BCUT2D eigenvalue weighted by Gasteiger charge is 2.51. The number of fused-ring (bicyclic) bond motifs is 1. The summed E-state index contributed by atoms with van der Waals surface area (Å²) >= 11 is 0. The molecule has 1 saturated heterocycles. The first-order valence-electron chi connectivity index (χ1n) is 8.26. The summed E-state index contributed by atoms with van der Waals surface area (Å²) in [5.74, 6) is 0.342. The quantitative estimate of drug-likeness (QED) is 0.816. The molecule has 122 valence electrons. The minimum Gasteiger partial charge on any atom is -0.408 e. The van der Waals surface area contributed by atoms with Crippen LogP contribution in [0, 0.1) is 5.92 Å². The third-order valence-corrected chi connectivity index (χ3v) is 5.36. The lowest BCUT2D eigenvalue weighted by Gasteiger charge is -2.32. The Bertz CT molecular complexity index is 800. The van der Waals surface area contributed by atoms with Crippen molar-refractivity contribution >= 4 is 23.7 Å². The SMILES string of the molecule is CC1(C)OB(c2ccc3c(c2)oc(=O)n3CC2CC2)OC1(C)C. The summed E-state index contributed by atoms with van der Waals surface area (Å²) in [5.41, 5.74) is 1.56. The molecule has 6 heteroatoms. The van der Waals surface area contributed by atoms with Crippen molar-refractivity contribution in [3.8, 4) is 0 Å². The van der Waals surface area contributed by atoms with Crippen LogP contribution in [0.5, 0.6) is 0 Å². The number of nitrogens with zero attached hydrogens (tertiary/aromatic N) is 1. The molecule has 0 radical (unpaired) electrons. The fourth-order valence-corrected chi connectivity index (χ4v) is 2.94. The molecule has 0 bridgehead atoms. The molecule has 1 saturated carbocycles. The monoisotopic (exact) mass is 315 g/mol. The molecule has 1 aliphatic carbocycles.